The largest absolute Gasteiger partial charge is 0.243 e. The van der Waals surface area contributed by atoms with Gasteiger partial charge in [0.1, 0.15) is 0 Å². The Labute approximate surface area is 116 Å². The van der Waals surface area contributed by atoms with E-state index >= 15 is 0 Å². The van der Waals surface area contributed by atoms with Gasteiger partial charge < -0.3 is 0 Å². The Morgan fingerprint density at radius 1 is 1.16 bits per heavy atom. The Morgan fingerprint density at radius 2 is 1.84 bits per heavy atom. The zero-order chi connectivity index (χ0) is 13.3. The second kappa shape index (κ2) is 5.03. The first-order chi connectivity index (χ1) is 9.18. The first kappa shape index (κ1) is 12.8. The molecule has 0 saturated carbocycles. The van der Waals surface area contributed by atoms with Crippen molar-refractivity contribution in [1.82, 2.24) is 9.29 Å². The predicted molar refractivity (Wildman–Crippen MR) is 74.4 cm³/mol. The van der Waals surface area contributed by atoms with E-state index in [4.69, 9.17) is 0 Å². The highest BCUT2D eigenvalue weighted by Gasteiger charge is 2.26. The van der Waals surface area contributed by atoms with Crippen LogP contribution in [0.2, 0.25) is 0 Å². The van der Waals surface area contributed by atoms with Crippen LogP contribution in [0.15, 0.2) is 34.5 Å². The summed E-state index contributed by atoms with van der Waals surface area (Å²) in [4.78, 5) is 4.45. The monoisotopic (exact) mass is 293 g/mol. The number of sulfonamides is 1. The highest BCUT2D eigenvalue weighted by molar-refractivity contribution is 7.89. The lowest BCUT2D eigenvalue weighted by Gasteiger charge is -2.15. The van der Waals surface area contributed by atoms with Gasteiger partial charge in [-0.05, 0) is 25.0 Å². The molecule has 99 valence electrons. The summed E-state index contributed by atoms with van der Waals surface area (Å²) in [7, 11) is -3.32. The molecule has 1 fully saturated rings. The van der Waals surface area contributed by atoms with E-state index < -0.39 is 10.0 Å². The summed E-state index contributed by atoms with van der Waals surface area (Å²) >= 11 is 1.40. The molecule has 2 aromatic rings. The Balaban J connectivity index is 1.90. The molecule has 1 aliphatic rings. The number of rotatable bonds is 3. The van der Waals surface area contributed by atoms with Crippen LogP contribution in [0.4, 0.5) is 0 Å². The summed E-state index contributed by atoms with van der Waals surface area (Å²) in [5.41, 5.74) is 4.53. The lowest BCUT2D eigenvalue weighted by Crippen LogP contribution is -2.27. The van der Waals surface area contributed by atoms with Gasteiger partial charge in [0.25, 0.3) is 0 Å². The molecule has 1 aromatic heterocycles. The van der Waals surface area contributed by atoms with Crippen molar-refractivity contribution in [3.05, 3.63) is 35.2 Å². The first-order valence-corrected chi connectivity index (χ1v) is 8.42. The van der Waals surface area contributed by atoms with Crippen LogP contribution >= 0.6 is 11.3 Å². The fourth-order valence-electron chi connectivity index (χ4n) is 2.19. The summed E-state index contributed by atoms with van der Waals surface area (Å²) < 4.78 is 26.2. The van der Waals surface area contributed by atoms with Gasteiger partial charge in [0.2, 0.25) is 10.0 Å². The van der Waals surface area contributed by atoms with Crippen molar-refractivity contribution in [1.29, 1.82) is 0 Å². The van der Waals surface area contributed by atoms with Gasteiger partial charge >= 0.3 is 0 Å². The minimum Gasteiger partial charge on any atom is -0.233 e. The molecule has 3 rings (SSSR count). The molecule has 19 heavy (non-hydrogen) atoms. The van der Waals surface area contributed by atoms with E-state index in [1.807, 2.05) is 5.38 Å². The average molecular weight is 293 g/mol. The van der Waals surface area contributed by atoms with Gasteiger partial charge in [0.05, 0.1) is 10.6 Å². The van der Waals surface area contributed by atoms with Gasteiger partial charge in [-0.15, -0.1) is 11.3 Å². The summed E-state index contributed by atoms with van der Waals surface area (Å²) in [5.74, 6) is 0. The van der Waals surface area contributed by atoms with E-state index in [9.17, 15) is 8.42 Å². The molecule has 4 nitrogen and oxygen atoms in total. The van der Waals surface area contributed by atoms with Crippen molar-refractivity contribution >= 4 is 21.4 Å². The number of aromatic nitrogens is 1. The van der Waals surface area contributed by atoms with E-state index in [1.54, 1.807) is 28.6 Å². The maximum atomic E-state index is 12.3. The normalized spacial score (nSPS) is 16.8. The molecule has 2 heterocycles. The third kappa shape index (κ3) is 2.43. The first-order valence-electron chi connectivity index (χ1n) is 6.10. The molecular weight excluding hydrogens is 280 g/mol. The zero-order valence-electron chi connectivity index (χ0n) is 10.2. The number of hydrogen-bond donors (Lipinski definition) is 0. The highest BCUT2D eigenvalue weighted by atomic mass is 32.2. The summed E-state index contributed by atoms with van der Waals surface area (Å²) in [5, 5.41) is 1.89. The SMILES string of the molecule is O=S(=O)(c1ccc(-c2cs[c]n2)cc1)N1CCCC1. The van der Waals surface area contributed by atoms with E-state index in [0.29, 0.717) is 18.0 Å². The minimum absolute atomic E-state index is 0.359. The Bertz CT molecular complexity index is 642. The Hall–Kier alpha value is -1.24. The summed E-state index contributed by atoms with van der Waals surface area (Å²) in [6, 6.07) is 6.91. The van der Waals surface area contributed by atoms with Crippen molar-refractivity contribution in [2.24, 2.45) is 0 Å². The molecule has 0 bridgehead atoms. The average Bonchev–Trinajstić information content (AvgIpc) is 3.12. The number of thiazole rings is 1. The Morgan fingerprint density at radius 3 is 2.42 bits per heavy atom. The highest BCUT2D eigenvalue weighted by Crippen LogP contribution is 2.24. The van der Waals surface area contributed by atoms with E-state index in [1.165, 1.54) is 11.3 Å². The van der Waals surface area contributed by atoms with Crippen LogP contribution in [-0.4, -0.2) is 30.8 Å². The van der Waals surface area contributed by atoms with Crippen molar-refractivity contribution < 1.29 is 8.42 Å². The second-order valence-corrected chi connectivity index (χ2v) is 7.05. The molecule has 0 N–H and O–H groups in total. The standard InChI is InChI=1S/C13H13N2O2S2/c16-19(17,15-7-1-2-8-15)12-5-3-11(4-6-12)13-9-18-10-14-13/h3-6,9H,1-2,7-8H2. The van der Waals surface area contributed by atoms with Crippen LogP contribution in [-0.2, 0) is 10.0 Å². The Kier molecular flexibility index (Phi) is 3.38. The lowest BCUT2D eigenvalue weighted by atomic mass is 10.2. The molecule has 1 aliphatic heterocycles. The van der Waals surface area contributed by atoms with Crippen molar-refractivity contribution in [3.63, 3.8) is 0 Å². The molecule has 0 amide bonds. The molecule has 1 saturated heterocycles. The van der Waals surface area contributed by atoms with Gasteiger partial charge in [0, 0.05) is 24.0 Å². The van der Waals surface area contributed by atoms with Crippen LogP contribution < -0.4 is 0 Å². The maximum Gasteiger partial charge on any atom is 0.243 e. The van der Waals surface area contributed by atoms with Gasteiger partial charge in [-0.3, -0.25) is 0 Å². The molecule has 0 aliphatic carbocycles. The van der Waals surface area contributed by atoms with Crippen molar-refractivity contribution in [3.8, 4) is 11.3 Å². The van der Waals surface area contributed by atoms with Gasteiger partial charge in [-0.1, -0.05) is 12.1 Å². The van der Waals surface area contributed by atoms with Gasteiger partial charge in [-0.25, -0.2) is 13.4 Å². The van der Waals surface area contributed by atoms with Crippen molar-refractivity contribution in [2.75, 3.05) is 13.1 Å². The fraction of sp³-hybridized carbons (Fsp3) is 0.308. The molecule has 6 heteroatoms. The van der Waals surface area contributed by atoms with E-state index in [-0.39, 0.29) is 0 Å². The molecule has 1 aromatic carbocycles. The van der Waals surface area contributed by atoms with Crippen LogP contribution in [0.1, 0.15) is 12.8 Å². The number of hydrogen-bond acceptors (Lipinski definition) is 4. The van der Waals surface area contributed by atoms with Gasteiger partial charge in [0.15, 0.2) is 5.51 Å². The quantitative estimate of drug-likeness (QED) is 0.873. The fourth-order valence-corrected chi connectivity index (χ4v) is 4.21. The van der Waals surface area contributed by atoms with Crippen LogP contribution in [0.25, 0.3) is 11.3 Å². The minimum atomic E-state index is -3.32. The molecular formula is C13H13N2O2S2. The smallest absolute Gasteiger partial charge is 0.233 e. The predicted octanol–water partition coefficient (Wildman–Crippen LogP) is 2.39. The van der Waals surface area contributed by atoms with Crippen molar-refractivity contribution in [2.45, 2.75) is 17.7 Å². The molecule has 0 atom stereocenters. The number of benzene rings is 1. The van der Waals surface area contributed by atoms with Gasteiger partial charge in [-0.2, -0.15) is 4.31 Å². The van der Waals surface area contributed by atoms with Crippen LogP contribution in [0.3, 0.4) is 0 Å². The van der Waals surface area contributed by atoms with E-state index in [2.05, 4.69) is 10.5 Å². The summed E-state index contributed by atoms with van der Waals surface area (Å²) in [6.07, 6.45) is 1.90. The molecule has 0 unspecified atom stereocenters. The van der Waals surface area contributed by atoms with E-state index in [0.717, 1.165) is 24.1 Å². The molecule has 1 radical (unpaired) electrons. The second-order valence-electron chi connectivity index (χ2n) is 4.46. The maximum absolute atomic E-state index is 12.3. The third-order valence-electron chi connectivity index (χ3n) is 3.24. The van der Waals surface area contributed by atoms with Crippen LogP contribution in [0, 0.1) is 5.51 Å². The van der Waals surface area contributed by atoms with Crippen LogP contribution in [0.5, 0.6) is 0 Å². The lowest BCUT2D eigenvalue weighted by molar-refractivity contribution is 0.477. The molecule has 0 spiro atoms. The zero-order valence-corrected chi connectivity index (χ0v) is 11.9. The topological polar surface area (TPSA) is 50.3 Å². The third-order valence-corrected chi connectivity index (χ3v) is 5.69. The summed E-state index contributed by atoms with van der Waals surface area (Å²) in [6.45, 7) is 1.26. The number of nitrogens with zero attached hydrogens (tertiary/aromatic N) is 2.